The summed E-state index contributed by atoms with van der Waals surface area (Å²) in [4.78, 5) is 10.2. The molecule has 0 unspecified atom stereocenters. The van der Waals surface area contributed by atoms with E-state index in [1.54, 1.807) is 30.3 Å². The van der Waals surface area contributed by atoms with Crippen molar-refractivity contribution in [1.29, 1.82) is 0 Å². The highest BCUT2D eigenvalue weighted by atomic mass is 16.4. The number of carbonyl (C=O) groups is 1. The fraction of sp³-hybridized carbons (Fsp3) is 0.235. The van der Waals surface area contributed by atoms with Crippen molar-refractivity contribution in [2.45, 2.75) is 25.8 Å². The second kappa shape index (κ2) is 8.12. The average molecular weight is 271 g/mol. The summed E-state index contributed by atoms with van der Waals surface area (Å²) in [5.74, 6) is -0.424. The number of hydrogen-bond donors (Lipinski definition) is 2. The van der Waals surface area contributed by atoms with Gasteiger partial charge in [0.15, 0.2) is 0 Å². The standard InChI is InChI=1S/C10H15N.C7H6O2/c1-8(9(2)11)10-6-4-3-5-7-10;8-7(9)6-4-2-1-3-5-6/h3-9H,11H2,1-2H3;1-5H,(H,8,9)/t8-,9+;/m1./s1. The van der Waals surface area contributed by atoms with Gasteiger partial charge in [-0.2, -0.15) is 0 Å². The first kappa shape index (κ1) is 15.9. The third kappa shape index (κ3) is 5.24. The zero-order valence-corrected chi connectivity index (χ0v) is 11.9. The molecule has 0 aliphatic carbocycles. The molecule has 2 atom stereocenters. The van der Waals surface area contributed by atoms with E-state index in [1.165, 1.54) is 5.56 Å². The molecule has 106 valence electrons. The fourth-order valence-electron chi connectivity index (χ4n) is 1.64. The van der Waals surface area contributed by atoms with E-state index < -0.39 is 5.97 Å². The van der Waals surface area contributed by atoms with E-state index >= 15 is 0 Å². The van der Waals surface area contributed by atoms with Gasteiger partial charge in [0.2, 0.25) is 0 Å². The minimum Gasteiger partial charge on any atom is -0.478 e. The Morgan fingerprint density at radius 3 is 1.75 bits per heavy atom. The summed E-state index contributed by atoms with van der Waals surface area (Å²) in [5, 5.41) is 8.38. The average Bonchev–Trinajstić information content (AvgIpc) is 2.49. The summed E-state index contributed by atoms with van der Waals surface area (Å²) < 4.78 is 0. The Kier molecular flexibility index (Phi) is 6.47. The number of carboxylic acids is 1. The van der Waals surface area contributed by atoms with E-state index in [1.807, 2.05) is 25.1 Å². The number of hydrogen-bond acceptors (Lipinski definition) is 2. The molecule has 0 saturated carbocycles. The summed E-state index contributed by atoms with van der Waals surface area (Å²) in [6.45, 7) is 4.19. The third-order valence-corrected chi connectivity index (χ3v) is 3.13. The summed E-state index contributed by atoms with van der Waals surface area (Å²) >= 11 is 0. The van der Waals surface area contributed by atoms with Gasteiger partial charge in [0.05, 0.1) is 5.56 Å². The van der Waals surface area contributed by atoms with Gasteiger partial charge in [-0.05, 0) is 30.5 Å². The molecule has 0 saturated heterocycles. The molecule has 2 rings (SSSR count). The minimum atomic E-state index is -0.879. The SMILES string of the molecule is C[C@H](N)[C@@H](C)c1ccccc1.O=C(O)c1ccccc1. The van der Waals surface area contributed by atoms with Crippen LogP contribution in [-0.2, 0) is 0 Å². The first-order valence-electron chi connectivity index (χ1n) is 6.61. The highest BCUT2D eigenvalue weighted by Gasteiger charge is 2.08. The summed E-state index contributed by atoms with van der Waals surface area (Å²) in [7, 11) is 0. The van der Waals surface area contributed by atoms with Gasteiger partial charge in [-0.1, -0.05) is 55.5 Å². The van der Waals surface area contributed by atoms with E-state index in [0.717, 1.165) is 0 Å². The Bertz CT molecular complexity index is 509. The Morgan fingerprint density at radius 2 is 1.40 bits per heavy atom. The van der Waals surface area contributed by atoms with Crippen molar-refractivity contribution in [3.8, 4) is 0 Å². The van der Waals surface area contributed by atoms with E-state index in [-0.39, 0.29) is 6.04 Å². The van der Waals surface area contributed by atoms with Crippen molar-refractivity contribution < 1.29 is 9.90 Å². The highest BCUT2D eigenvalue weighted by molar-refractivity contribution is 5.87. The van der Waals surface area contributed by atoms with E-state index in [9.17, 15) is 4.79 Å². The van der Waals surface area contributed by atoms with Crippen LogP contribution >= 0.6 is 0 Å². The number of benzene rings is 2. The van der Waals surface area contributed by atoms with Gasteiger partial charge in [-0.15, -0.1) is 0 Å². The van der Waals surface area contributed by atoms with Crippen LogP contribution < -0.4 is 5.73 Å². The lowest BCUT2D eigenvalue weighted by molar-refractivity contribution is 0.0697. The molecule has 0 amide bonds. The van der Waals surface area contributed by atoms with Crippen molar-refractivity contribution in [1.82, 2.24) is 0 Å². The predicted octanol–water partition coefficient (Wildman–Crippen LogP) is 3.52. The molecule has 0 aliphatic heterocycles. The zero-order chi connectivity index (χ0) is 15.0. The maximum Gasteiger partial charge on any atom is 0.335 e. The molecule has 2 aromatic carbocycles. The van der Waals surface area contributed by atoms with Crippen LogP contribution in [0.15, 0.2) is 60.7 Å². The number of aromatic carboxylic acids is 1. The quantitative estimate of drug-likeness (QED) is 0.897. The van der Waals surface area contributed by atoms with Crippen molar-refractivity contribution in [3.05, 3.63) is 71.8 Å². The van der Waals surface area contributed by atoms with E-state index in [2.05, 4.69) is 19.1 Å². The summed E-state index contributed by atoms with van der Waals surface area (Å²) in [6.07, 6.45) is 0. The molecule has 0 fully saturated rings. The molecular formula is C17H21NO2. The molecule has 2 aromatic rings. The number of nitrogens with two attached hydrogens (primary N) is 1. The molecule has 3 N–H and O–H groups in total. The first-order valence-corrected chi connectivity index (χ1v) is 6.61. The van der Waals surface area contributed by atoms with Gasteiger partial charge >= 0.3 is 5.97 Å². The van der Waals surface area contributed by atoms with Crippen LogP contribution in [-0.4, -0.2) is 17.1 Å². The van der Waals surface area contributed by atoms with Crippen LogP contribution in [0.5, 0.6) is 0 Å². The van der Waals surface area contributed by atoms with Crippen LogP contribution in [0.4, 0.5) is 0 Å². The second-order valence-corrected chi connectivity index (χ2v) is 4.73. The van der Waals surface area contributed by atoms with Crippen LogP contribution in [0.3, 0.4) is 0 Å². The van der Waals surface area contributed by atoms with Gasteiger partial charge in [-0.25, -0.2) is 4.79 Å². The topological polar surface area (TPSA) is 63.3 Å². The molecule has 3 nitrogen and oxygen atoms in total. The van der Waals surface area contributed by atoms with E-state index in [0.29, 0.717) is 11.5 Å². The van der Waals surface area contributed by atoms with Crippen molar-refractivity contribution in [2.75, 3.05) is 0 Å². The van der Waals surface area contributed by atoms with Crippen LogP contribution in [0.1, 0.15) is 35.7 Å². The Hall–Kier alpha value is -2.13. The van der Waals surface area contributed by atoms with Gasteiger partial charge in [0.1, 0.15) is 0 Å². The predicted molar refractivity (Wildman–Crippen MR) is 81.9 cm³/mol. The van der Waals surface area contributed by atoms with Gasteiger partial charge < -0.3 is 10.8 Å². The van der Waals surface area contributed by atoms with E-state index in [4.69, 9.17) is 10.8 Å². The normalized spacial score (nSPS) is 12.8. The van der Waals surface area contributed by atoms with Crippen LogP contribution in [0.25, 0.3) is 0 Å². The highest BCUT2D eigenvalue weighted by Crippen LogP contribution is 2.16. The second-order valence-electron chi connectivity index (χ2n) is 4.73. The minimum absolute atomic E-state index is 0.234. The van der Waals surface area contributed by atoms with Crippen LogP contribution in [0, 0.1) is 0 Å². The summed E-state index contributed by atoms with van der Waals surface area (Å²) in [5.41, 5.74) is 7.42. The smallest absolute Gasteiger partial charge is 0.335 e. The first-order chi connectivity index (χ1) is 9.52. The monoisotopic (exact) mass is 271 g/mol. The zero-order valence-electron chi connectivity index (χ0n) is 11.9. The Morgan fingerprint density at radius 1 is 0.950 bits per heavy atom. The summed E-state index contributed by atoms with van der Waals surface area (Å²) in [6, 6.07) is 18.9. The van der Waals surface area contributed by atoms with Crippen LogP contribution in [0.2, 0.25) is 0 Å². The van der Waals surface area contributed by atoms with Gasteiger partial charge in [0, 0.05) is 6.04 Å². The molecule has 0 aromatic heterocycles. The Balaban J connectivity index is 0.000000204. The third-order valence-electron chi connectivity index (χ3n) is 3.13. The molecule has 0 spiro atoms. The largest absolute Gasteiger partial charge is 0.478 e. The molecule has 0 aliphatic rings. The van der Waals surface area contributed by atoms with Crippen molar-refractivity contribution in [3.63, 3.8) is 0 Å². The lowest BCUT2D eigenvalue weighted by Gasteiger charge is -2.15. The molecule has 0 radical (unpaired) electrons. The number of carboxylic acid groups (broad SMARTS) is 1. The van der Waals surface area contributed by atoms with Gasteiger partial charge in [0.25, 0.3) is 0 Å². The molecule has 0 bridgehead atoms. The molecule has 3 heteroatoms. The lowest BCUT2D eigenvalue weighted by Crippen LogP contribution is -2.22. The molecule has 20 heavy (non-hydrogen) atoms. The van der Waals surface area contributed by atoms with Gasteiger partial charge in [-0.3, -0.25) is 0 Å². The molecular weight excluding hydrogens is 250 g/mol. The molecule has 0 heterocycles. The lowest BCUT2D eigenvalue weighted by atomic mass is 9.95. The maximum atomic E-state index is 10.2. The number of rotatable bonds is 3. The fourth-order valence-corrected chi connectivity index (χ4v) is 1.64. The van der Waals surface area contributed by atoms with Crippen molar-refractivity contribution >= 4 is 5.97 Å². The maximum absolute atomic E-state index is 10.2. The van der Waals surface area contributed by atoms with Crippen molar-refractivity contribution in [2.24, 2.45) is 5.73 Å². The Labute approximate surface area is 120 Å².